The van der Waals surface area contributed by atoms with Crippen molar-refractivity contribution in [2.45, 2.75) is 77.0 Å². The van der Waals surface area contributed by atoms with E-state index in [4.69, 9.17) is 4.99 Å². The van der Waals surface area contributed by atoms with Crippen molar-refractivity contribution in [1.29, 1.82) is 0 Å². The quantitative estimate of drug-likeness (QED) is 0.154. The van der Waals surface area contributed by atoms with Crippen LogP contribution in [0.2, 0.25) is 0 Å². The van der Waals surface area contributed by atoms with Crippen LogP contribution in [0.25, 0.3) is 0 Å². The molecule has 10 heteroatoms. The Balaban J connectivity index is 0.00000320. The summed E-state index contributed by atoms with van der Waals surface area (Å²) in [5, 5.41) is 17.8. The monoisotopic (exact) mass is 563 g/mol. The lowest BCUT2D eigenvalue weighted by Crippen LogP contribution is -2.37. The number of thiazole rings is 1. The number of hydrogen-bond donors (Lipinski definition) is 2. The molecule has 1 fully saturated rings. The maximum Gasteiger partial charge on any atom is 0.191 e. The number of aromatic nitrogens is 4. The van der Waals surface area contributed by atoms with Gasteiger partial charge >= 0.3 is 0 Å². The zero-order chi connectivity index (χ0) is 20.6. The summed E-state index contributed by atoms with van der Waals surface area (Å²) in [6, 6.07) is 0.584. The molecule has 0 saturated heterocycles. The minimum atomic E-state index is 0. The molecule has 0 radical (unpaired) electrons. The number of guanidine groups is 1. The molecule has 3 rings (SSSR count). The molecule has 1 aliphatic rings. The van der Waals surface area contributed by atoms with Gasteiger partial charge in [-0.1, -0.05) is 24.6 Å². The zero-order valence-corrected chi connectivity index (χ0v) is 22.4. The van der Waals surface area contributed by atoms with Crippen LogP contribution in [0.3, 0.4) is 0 Å². The predicted molar refractivity (Wildman–Crippen MR) is 137 cm³/mol. The van der Waals surface area contributed by atoms with Crippen molar-refractivity contribution < 1.29 is 0 Å². The van der Waals surface area contributed by atoms with Gasteiger partial charge in [0.15, 0.2) is 11.1 Å². The van der Waals surface area contributed by atoms with Crippen LogP contribution in [0.4, 0.5) is 0 Å². The van der Waals surface area contributed by atoms with Gasteiger partial charge in [-0.2, -0.15) is 0 Å². The van der Waals surface area contributed by atoms with E-state index in [2.05, 4.69) is 50.5 Å². The fourth-order valence-corrected chi connectivity index (χ4v) is 5.25. The molecule has 30 heavy (non-hydrogen) atoms. The van der Waals surface area contributed by atoms with Crippen LogP contribution in [-0.2, 0) is 13.0 Å². The van der Waals surface area contributed by atoms with Gasteiger partial charge in [0, 0.05) is 30.4 Å². The van der Waals surface area contributed by atoms with Crippen molar-refractivity contribution >= 4 is 53.0 Å². The molecular formula is C20H34IN7S2. The van der Waals surface area contributed by atoms with Crippen molar-refractivity contribution in [1.82, 2.24) is 30.4 Å². The van der Waals surface area contributed by atoms with E-state index in [-0.39, 0.29) is 24.0 Å². The molecule has 2 aromatic rings. The van der Waals surface area contributed by atoms with Crippen LogP contribution in [0.5, 0.6) is 0 Å². The third kappa shape index (κ3) is 6.81. The second-order valence-corrected chi connectivity index (χ2v) is 9.44. The van der Waals surface area contributed by atoms with E-state index in [1.165, 1.54) is 30.6 Å². The summed E-state index contributed by atoms with van der Waals surface area (Å²) in [5.74, 6) is 1.99. The first-order chi connectivity index (χ1) is 14.1. The van der Waals surface area contributed by atoms with Crippen LogP contribution < -0.4 is 10.6 Å². The molecular weight excluding hydrogens is 529 g/mol. The molecule has 7 nitrogen and oxygen atoms in total. The van der Waals surface area contributed by atoms with Crippen molar-refractivity contribution in [3.63, 3.8) is 0 Å². The Morgan fingerprint density at radius 1 is 1.23 bits per heavy atom. The van der Waals surface area contributed by atoms with Gasteiger partial charge in [-0.25, -0.2) is 9.98 Å². The van der Waals surface area contributed by atoms with Gasteiger partial charge in [0.1, 0.15) is 5.82 Å². The normalized spacial score (nSPS) is 14.7. The Hall–Kier alpha value is -0.880. The Morgan fingerprint density at radius 2 is 2.00 bits per heavy atom. The van der Waals surface area contributed by atoms with Crippen LogP contribution in [-0.4, -0.2) is 45.1 Å². The molecule has 0 bridgehead atoms. The maximum atomic E-state index is 4.73. The fraction of sp³-hybridized carbons (Fsp3) is 0.700. The fourth-order valence-electron chi connectivity index (χ4n) is 3.81. The molecule has 2 aromatic heterocycles. The molecule has 0 spiro atoms. The van der Waals surface area contributed by atoms with Crippen LogP contribution >= 0.6 is 47.1 Å². The van der Waals surface area contributed by atoms with Gasteiger partial charge in [-0.05, 0) is 46.3 Å². The topological polar surface area (TPSA) is 80.0 Å². The number of nitrogens with zero attached hydrogens (tertiary/aromatic N) is 5. The molecule has 2 N–H and O–H groups in total. The largest absolute Gasteiger partial charge is 0.357 e. The van der Waals surface area contributed by atoms with E-state index in [1.807, 2.05) is 6.92 Å². The van der Waals surface area contributed by atoms with Gasteiger partial charge < -0.3 is 15.2 Å². The minimum absolute atomic E-state index is 0. The Morgan fingerprint density at radius 3 is 2.63 bits per heavy atom. The number of nitrogens with one attached hydrogen (secondary N) is 2. The summed E-state index contributed by atoms with van der Waals surface area (Å²) in [5.41, 5.74) is 1.09. The predicted octanol–water partition coefficient (Wildman–Crippen LogP) is 4.49. The standard InChI is InChI=1S/C20H33N7S2.HI/c1-5-21-19(23-13-17-14(2)24-15(3)29-17)22-12-8-11-18-25-26-20(28-4)27(18)16-9-6-7-10-16;/h16H,5-13H2,1-4H3,(H2,21,22,23);1H. The summed E-state index contributed by atoms with van der Waals surface area (Å²) < 4.78 is 2.39. The van der Waals surface area contributed by atoms with Crippen LogP contribution in [0.1, 0.15) is 66.5 Å². The molecule has 0 amide bonds. The van der Waals surface area contributed by atoms with Crippen molar-refractivity contribution in [2.75, 3.05) is 19.3 Å². The lowest BCUT2D eigenvalue weighted by molar-refractivity contribution is 0.460. The van der Waals surface area contributed by atoms with E-state index in [1.54, 1.807) is 23.1 Å². The molecule has 1 saturated carbocycles. The first-order valence-corrected chi connectivity index (χ1v) is 12.6. The molecule has 0 unspecified atom stereocenters. The lowest BCUT2D eigenvalue weighted by Gasteiger charge is -2.16. The second kappa shape index (κ2) is 12.8. The smallest absolute Gasteiger partial charge is 0.191 e. The van der Waals surface area contributed by atoms with Gasteiger partial charge in [0.2, 0.25) is 0 Å². The van der Waals surface area contributed by atoms with Crippen molar-refractivity contribution in [3.05, 3.63) is 21.4 Å². The summed E-state index contributed by atoms with van der Waals surface area (Å²) in [4.78, 5) is 10.4. The molecule has 0 aliphatic heterocycles. The average molecular weight is 564 g/mol. The highest BCUT2D eigenvalue weighted by Crippen LogP contribution is 2.33. The van der Waals surface area contributed by atoms with Crippen LogP contribution in [0.15, 0.2) is 10.1 Å². The van der Waals surface area contributed by atoms with Crippen LogP contribution in [0, 0.1) is 13.8 Å². The summed E-state index contributed by atoms with van der Waals surface area (Å²) in [6.07, 6.45) is 9.17. The first-order valence-electron chi connectivity index (χ1n) is 10.5. The minimum Gasteiger partial charge on any atom is -0.357 e. The average Bonchev–Trinajstić information content (AvgIpc) is 3.42. The number of aliphatic imine (C=N–C) groups is 1. The molecule has 0 atom stereocenters. The number of aryl methyl sites for hydroxylation is 3. The van der Waals surface area contributed by atoms with E-state index >= 15 is 0 Å². The number of rotatable bonds is 9. The SMILES string of the molecule is CCNC(=NCc1sc(C)nc1C)NCCCc1nnc(SC)n1C1CCCC1.I. The molecule has 2 heterocycles. The second-order valence-electron chi connectivity index (χ2n) is 7.38. The highest BCUT2D eigenvalue weighted by Gasteiger charge is 2.23. The molecule has 1 aliphatic carbocycles. The summed E-state index contributed by atoms with van der Waals surface area (Å²) >= 11 is 3.43. The van der Waals surface area contributed by atoms with Gasteiger partial charge in [-0.15, -0.1) is 45.5 Å². The Kier molecular flexibility index (Phi) is 10.9. The van der Waals surface area contributed by atoms with Gasteiger partial charge in [0.25, 0.3) is 0 Å². The Labute approximate surface area is 205 Å². The first kappa shape index (κ1) is 25.4. The highest BCUT2D eigenvalue weighted by molar-refractivity contribution is 14.0. The highest BCUT2D eigenvalue weighted by atomic mass is 127. The van der Waals surface area contributed by atoms with Gasteiger partial charge in [0.05, 0.1) is 17.2 Å². The summed E-state index contributed by atoms with van der Waals surface area (Å²) in [6.45, 7) is 8.56. The van der Waals surface area contributed by atoms with Gasteiger partial charge in [-0.3, -0.25) is 0 Å². The Bertz CT molecular complexity index is 812. The lowest BCUT2D eigenvalue weighted by atomic mass is 10.2. The van der Waals surface area contributed by atoms with E-state index in [0.717, 1.165) is 53.6 Å². The van der Waals surface area contributed by atoms with Crippen molar-refractivity contribution in [2.24, 2.45) is 4.99 Å². The number of thioether (sulfide) groups is 1. The van der Waals surface area contributed by atoms with E-state index < -0.39 is 0 Å². The van der Waals surface area contributed by atoms with E-state index in [0.29, 0.717) is 12.6 Å². The number of hydrogen-bond acceptors (Lipinski definition) is 6. The third-order valence-electron chi connectivity index (χ3n) is 5.20. The summed E-state index contributed by atoms with van der Waals surface area (Å²) in [7, 11) is 0. The third-order valence-corrected chi connectivity index (χ3v) is 6.90. The number of halogens is 1. The van der Waals surface area contributed by atoms with Crippen molar-refractivity contribution in [3.8, 4) is 0 Å². The van der Waals surface area contributed by atoms with E-state index in [9.17, 15) is 0 Å². The molecule has 168 valence electrons. The molecule has 0 aromatic carbocycles. The zero-order valence-electron chi connectivity index (χ0n) is 18.4. The maximum absolute atomic E-state index is 4.73.